The van der Waals surface area contributed by atoms with E-state index >= 15 is 0 Å². The SMILES string of the molecule is CCCCCc1cc(CCCCC)c2cc(S(=O)(=O)[O-])ccc2c1.CCCCCc1cc(CCCCC)c2cc(S(=O)(=O)[O-])ccc2c1.[Ca+2]. The van der Waals surface area contributed by atoms with E-state index < -0.39 is 20.2 Å². The zero-order valence-corrected chi connectivity index (χ0v) is 33.9. The summed E-state index contributed by atoms with van der Waals surface area (Å²) >= 11 is 0. The minimum Gasteiger partial charge on any atom is -0.744 e. The Balaban J connectivity index is 0.000000333. The van der Waals surface area contributed by atoms with Gasteiger partial charge in [-0.15, -0.1) is 0 Å². The van der Waals surface area contributed by atoms with Crippen molar-refractivity contribution in [3.8, 4) is 0 Å². The van der Waals surface area contributed by atoms with Crippen molar-refractivity contribution >= 4 is 79.5 Å². The first-order valence-corrected chi connectivity index (χ1v) is 20.8. The van der Waals surface area contributed by atoms with Crippen molar-refractivity contribution < 1.29 is 25.9 Å². The number of unbranched alkanes of at least 4 members (excludes halogenated alkanes) is 8. The molecule has 0 aromatic heterocycles. The number of benzene rings is 4. The number of rotatable bonds is 18. The monoisotopic (exact) mass is 734 g/mol. The molecule has 4 aromatic rings. The minimum atomic E-state index is -4.41. The van der Waals surface area contributed by atoms with E-state index in [-0.39, 0.29) is 47.5 Å². The van der Waals surface area contributed by atoms with Gasteiger partial charge in [-0.2, -0.15) is 0 Å². The predicted octanol–water partition coefficient (Wildman–Crippen LogP) is 10.0. The van der Waals surface area contributed by atoms with E-state index in [2.05, 4.69) is 52.0 Å². The van der Waals surface area contributed by atoms with Crippen LogP contribution in [0.15, 0.2) is 70.5 Å². The fourth-order valence-electron chi connectivity index (χ4n) is 6.27. The molecule has 0 spiro atoms. The third-order valence-corrected chi connectivity index (χ3v) is 10.6. The van der Waals surface area contributed by atoms with Gasteiger partial charge in [-0.25, -0.2) is 16.8 Å². The van der Waals surface area contributed by atoms with Gasteiger partial charge >= 0.3 is 37.7 Å². The van der Waals surface area contributed by atoms with Crippen LogP contribution in [-0.2, 0) is 45.9 Å². The smallest absolute Gasteiger partial charge is 0.744 e. The Bertz CT molecular complexity index is 1700. The van der Waals surface area contributed by atoms with Crippen molar-refractivity contribution in [2.75, 3.05) is 0 Å². The van der Waals surface area contributed by atoms with Crippen LogP contribution in [0.4, 0.5) is 0 Å². The molecule has 0 amide bonds. The fraction of sp³-hybridized carbons (Fsp3) is 0.500. The molecule has 6 nitrogen and oxygen atoms in total. The maximum absolute atomic E-state index is 11.3. The number of hydrogen-bond acceptors (Lipinski definition) is 6. The summed E-state index contributed by atoms with van der Waals surface area (Å²) in [7, 11) is -8.83. The molecule has 0 saturated carbocycles. The number of fused-ring (bicyclic) bond motifs is 2. The van der Waals surface area contributed by atoms with Gasteiger partial charge in [-0.05, 0) is 119 Å². The summed E-state index contributed by atoms with van der Waals surface area (Å²) in [6, 6.07) is 18.2. The quantitative estimate of drug-likeness (QED) is 0.0571. The summed E-state index contributed by atoms with van der Waals surface area (Å²) in [5, 5.41) is 3.87. The van der Waals surface area contributed by atoms with Gasteiger partial charge < -0.3 is 9.11 Å². The van der Waals surface area contributed by atoms with Gasteiger partial charge in [0.05, 0.1) is 9.79 Å². The van der Waals surface area contributed by atoms with E-state index in [0.717, 1.165) is 96.9 Å². The van der Waals surface area contributed by atoms with E-state index in [1.807, 2.05) is 0 Å². The third-order valence-electron chi connectivity index (χ3n) is 8.96. The summed E-state index contributed by atoms with van der Waals surface area (Å²) in [5.74, 6) is 0. The third kappa shape index (κ3) is 14.2. The fourth-order valence-corrected chi connectivity index (χ4v) is 7.26. The second-order valence-electron chi connectivity index (χ2n) is 13.0. The first-order valence-electron chi connectivity index (χ1n) is 17.9. The molecule has 0 aliphatic heterocycles. The molecule has 49 heavy (non-hydrogen) atoms. The molecular formula is C40H54CaO6S2. The van der Waals surface area contributed by atoms with Crippen LogP contribution in [0.5, 0.6) is 0 Å². The molecule has 0 N–H and O–H groups in total. The molecule has 9 heteroatoms. The average Bonchev–Trinajstić information content (AvgIpc) is 3.04. The van der Waals surface area contributed by atoms with Gasteiger partial charge in [-0.3, -0.25) is 0 Å². The number of aryl methyl sites for hydroxylation is 4. The second-order valence-corrected chi connectivity index (χ2v) is 15.8. The van der Waals surface area contributed by atoms with E-state index in [4.69, 9.17) is 0 Å². The summed E-state index contributed by atoms with van der Waals surface area (Å²) in [6.07, 6.45) is 17.9. The molecule has 4 aromatic carbocycles. The van der Waals surface area contributed by atoms with Crippen LogP contribution < -0.4 is 0 Å². The molecule has 4 rings (SSSR count). The summed E-state index contributed by atoms with van der Waals surface area (Å²) in [5.41, 5.74) is 4.94. The minimum absolute atomic E-state index is 0. The first-order chi connectivity index (χ1) is 22.9. The molecule has 0 saturated heterocycles. The van der Waals surface area contributed by atoms with Gasteiger partial charge in [0.2, 0.25) is 0 Å². The molecule has 0 aliphatic rings. The molecule has 264 valence electrons. The average molecular weight is 735 g/mol. The van der Waals surface area contributed by atoms with Crippen LogP contribution in [-0.4, -0.2) is 63.7 Å². The van der Waals surface area contributed by atoms with Crippen molar-refractivity contribution in [2.45, 2.75) is 140 Å². The van der Waals surface area contributed by atoms with Crippen LogP contribution in [0.1, 0.15) is 127 Å². The normalized spacial score (nSPS) is 11.7. The van der Waals surface area contributed by atoms with Crippen LogP contribution in [0.3, 0.4) is 0 Å². The van der Waals surface area contributed by atoms with E-state index in [9.17, 15) is 25.9 Å². The Morgan fingerprint density at radius 2 is 0.776 bits per heavy atom. The second kappa shape index (κ2) is 21.8. The topological polar surface area (TPSA) is 114 Å². The summed E-state index contributed by atoms with van der Waals surface area (Å²) < 4.78 is 68.0. The molecule has 0 radical (unpaired) electrons. The maximum atomic E-state index is 11.3. The van der Waals surface area contributed by atoms with Crippen molar-refractivity contribution in [2.24, 2.45) is 0 Å². The van der Waals surface area contributed by atoms with E-state index in [0.29, 0.717) is 0 Å². The largest absolute Gasteiger partial charge is 2.00 e. The van der Waals surface area contributed by atoms with Gasteiger partial charge in [0.25, 0.3) is 0 Å². The maximum Gasteiger partial charge on any atom is 2.00 e. The standard InChI is InChI=1S/2C20H28O3S.Ca/c2*1-3-5-7-9-16-13-17(10-8-6-4-2)20-15-19(24(21,22)23)12-11-18(20)14-16;/h2*11-15H,3-10H2,1-2H3,(H,21,22,23);/q;;+2/p-2. The van der Waals surface area contributed by atoms with Gasteiger partial charge in [0, 0.05) is 0 Å². The Hall–Kier alpha value is -1.52. The van der Waals surface area contributed by atoms with Gasteiger partial charge in [0.1, 0.15) is 20.2 Å². The van der Waals surface area contributed by atoms with Gasteiger partial charge in [-0.1, -0.05) is 115 Å². The van der Waals surface area contributed by atoms with E-state index in [1.54, 1.807) is 24.3 Å². The Morgan fingerprint density at radius 1 is 0.449 bits per heavy atom. The Kier molecular flexibility index (Phi) is 19.4. The zero-order valence-electron chi connectivity index (χ0n) is 30.1. The molecular weight excluding hydrogens is 681 g/mol. The van der Waals surface area contributed by atoms with Crippen LogP contribution in [0.2, 0.25) is 0 Å². The summed E-state index contributed by atoms with van der Waals surface area (Å²) in [4.78, 5) is -0.268. The van der Waals surface area contributed by atoms with Crippen molar-refractivity contribution in [3.63, 3.8) is 0 Å². The van der Waals surface area contributed by atoms with Gasteiger partial charge in [0.15, 0.2) is 0 Å². The predicted molar refractivity (Wildman–Crippen MR) is 202 cm³/mol. The number of hydrogen-bond donors (Lipinski definition) is 0. The molecule has 0 unspecified atom stereocenters. The molecule has 0 fully saturated rings. The summed E-state index contributed by atoms with van der Waals surface area (Å²) in [6.45, 7) is 8.73. The molecule has 0 bridgehead atoms. The van der Waals surface area contributed by atoms with Crippen LogP contribution in [0, 0.1) is 0 Å². The molecule has 0 aliphatic carbocycles. The van der Waals surface area contributed by atoms with Crippen LogP contribution in [0.25, 0.3) is 21.5 Å². The Morgan fingerprint density at radius 3 is 1.08 bits per heavy atom. The first kappa shape index (κ1) is 43.6. The molecule has 0 atom stereocenters. The van der Waals surface area contributed by atoms with Crippen LogP contribution >= 0.6 is 0 Å². The van der Waals surface area contributed by atoms with Crippen molar-refractivity contribution in [1.82, 2.24) is 0 Å². The molecule has 0 heterocycles. The van der Waals surface area contributed by atoms with Crippen molar-refractivity contribution in [1.29, 1.82) is 0 Å². The van der Waals surface area contributed by atoms with Crippen molar-refractivity contribution in [3.05, 3.63) is 82.9 Å². The van der Waals surface area contributed by atoms with E-state index in [1.165, 1.54) is 61.8 Å². The zero-order chi connectivity index (χ0) is 35.2. The Labute approximate surface area is 326 Å².